The number of nitrogens with one attached hydrogen (secondary N) is 1. The Balaban J connectivity index is 1.84. The number of ketones is 1. The maximum absolute atomic E-state index is 13.3. The second kappa shape index (κ2) is 9.05. The van der Waals surface area contributed by atoms with Crippen LogP contribution in [-0.2, 0) is 0 Å². The predicted molar refractivity (Wildman–Crippen MR) is 116 cm³/mol. The van der Waals surface area contributed by atoms with Crippen molar-refractivity contribution in [1.29, 1.82) is 5.26 Å². The number of aromatic nitrogens is 1. The summed E-state index contributed by atoms with van der Waals surface area (Å²) in [6.45, 7) is 3.08. The molecule has 3 aromatic rings. The highest BCUT2D eigenvalue weighted by Gasteiger charge is 2.22. The van der Waals surface area contributed by atoms with Gasteiger partial charge in [0.1, 0.15) is 17.6 Å². The first-order valence-corrected chi connectivity index (χ1v) is 9.84. The molecular weight excluding hydrogens is 372 g/mol. The van der Waals surface area contributed by atoms with Crippen LogP contribution in [0.1, 0.15) is 32.7 Å². The summed E-state index contributed by atoms with van der Waals surface area (Å²) in [5.74, 6) is 6.50. The molecular formula is C25H20N4O. The van der Waals surface area contributed by atoms with E-state index in [0.29, 0.717) is 22.5 Å². The van der Waals surface area contributed by atoms with Crippen LogP contribution in [0.5, 0.6) is 0 Å². The summed E-state index contributed by atoms with van der Waals surface area (Å²) in [7, 11) is 0. The van der Waals surface area contributed by atoms with Gasteiger partial charge in [-0.25, -0.2) is 4.98 Å². The van der Waals surface area contributed by atoms with Crippen LogP contribution in [0.2, 0.25) is 0 Å². The molecule has 1 N–H and O–H groups in total. The molecule has 146 valence electrons. The van der Waals surface area contributed by atoms with Gasteiger partial charge in [0.2, 0.25) is 5.78 Å². The van der Waals surface area contributed by atoms with Crippen molar-refractivity contribution in [3.8, 4) is 17.9 Å². The van der Waals surface area contributed by atoms with Crippen LogP contribution in [0.3, 0.4) is 0 Å². The van der Waals surface area contributed by atoms with Gasteiger partial charge >= 0.3 is 0 Å². The van der Waals surface area contributed by atoms with Gasteiger partial charge in [0.15, 0.2) is 0 Å². The third kappa shape index (κ3) is 4.22. The number of carbonyl (C=O) groups is 1. The number of nitriles is 1. The Bertz CT molecular complexity index is 1150. The lowest BCUT2D eigenvalue weighted by molar-refractivity contribution is 0.103. The number of rotatable bonds is 3. The van der Waals surface area contributed by atoms with Crippen LogP contribution in [0.15, 0.2) is 66.7 Å². The summed E-state index contributed by atoms with van der Waals surface area (Å²) in [6.07, 6.45) is 0. The first kappa shape index (κ1) is 19.4. The first-order chi connectivity index (χ1) is 14.8. The average molecular weight is 392 g/mol. The number of anilines is 1. The van der Waals surface area contributed by atoms with Crippen molar-refractivity contribution < 1.29 is 4.79 Å². The van der Waals surface area contributed by atoms with E-state index in [1.165, 1.54) is 0 Å². The van der Waals surface area contributed by atoms with Gasteiger partial charge in [-0.1, -0.05) is 60.4 Å². The topological polar surface area (TPSA) is 69.0 Å². The fraction of sp³-hybridized carbons (Fsp3) is 0.160. The van der Waals surface area contributed by atoms with Gasteiger partial charge in [-0.2, -0.15) is 5.26 Å². The molecule has 30 heavy (non-hydrogen) atoms. The van der Waals surface area contributed by atoms with Gasteiger partial charge in [-0.3, -0.25) is 4.79 Å². The van der Waals surface area contributed by atoms with Crippen LogP contribution in [0.25, 0.3) is 0 Å². The van der Waals surface area contributed by atoms with E-state index in [-0.39, 0.29) is 11.5 Å². The molecule has 0 aliphatic carbocycles. The molecule has 0 unspecified atom stereocenters. The van der Waals surface area contributed by atoms with Crippen molar-refractivity contribution in [3.05, 3.63) is 94.7 Å². The first-order valence-electron chi connectivity index (χ1n) is 9.84. The van der Waals surface area contributed by atoms with Gasteiger partial charge in [-0.05, 0) is 18.2 Å². The molecule has 1 aliphatic rings. The lowest BCUT2D eigenvalue weighted by Gasteiger charge is -2.29. The van der Waals surface area contributed by atoms with E-state index < -0.39 is 0 Å². The largest absolute Gasteiger partial charge is 0.353 e. The Morgan fingerprint density at radius 3 is 2.27 bits per heavy atom. The number of piperazine rings is 1. The van der Waals surface area contributed by atoms with Gasteiger partial charge in [0.05, 0.1) is 11.1 Å². The molecule has 1 aromatic heterocycles. The van der Waals surface area contributed by atoms with Crippen molar-refractivity contribution >= 4 is 11.6 Å². The van der Waals surface area contributed by atoms with Gasteiger partial charge in [0.25, 0.3) is 0 Å². The molecule has 0 atom stereocenters. The van der Waals surface area contributed by atoms with E-state index in [1.54, 1.807) is 18.2 Å². The summed E-state index contributed by atoms with van der Waals surface area (Å²) in [6, 6.07) is 22.5. The Morgan fingerprint density at radius 1 is 0.933 bits per heavy atom. The van der Waals surface area contributed by atoms with Gasteiger partial charge in [-0.15, -0.1) is 0 Å². The Labute approximate surface area is 176 Å². The number of hydrogen-bond donors (Lipinski definition) is 1. The fourth-order valence-corrected chi connectivity index (χ4v) is 3.36. The van der Waals surface area contributed by atoms with E-state index in [1.807, 2.05) is 53.4 Å². The van der Waals surface area contributed by atoms with Crippen LogP contribution in [0.4, 0.5) is 5.82 Å². The molecule has 0 amide bonds. The summed E-state index contributed by atoms with van der Waals surface area (Å²) in [5, 5.41) is 13.0. The highest BCUT2D eigenvalue weighted by Crippen LogP contribution is 2.23. The normalized spacial score (nSPS) is 13.1. The third-order valence-corrected chi connectivity index (χ3v) is 4.91. The highest BCUT2D eigenvalue weighted by atomic mass is 16.1. The zero-order valence-electron chi connectivity index (χ0n) is 16.4. The number of nitrogens with zero attached hydrogens (tertiary/aromatic N) is 3. The number of pyridine rings is 1. The van der Waals surface area contributed by atoms with Crippen molar-refractivity contribution in [2.45, 2.75) is 0 Å². The van der Waals surface area contributed by atoms with Crippen LogP contribution >= 0.6 is 0 Å². The standard InChI is InChI=1S/C25H20N4O/c26-18-22-17-21(12-11-19-7-3-1-4-8-19)23(24(30)20-9-5-2-6-10-20)28-25(22)29-15-13-27-14-16-29/h1-10,17,27H,13-16H2. The summed E-state index contributed by atoms with van der Waals surface area (Å²) in [4.78, 5) is 20.0. The molecule has 0 spiro atoms. The minimum absolute atomic E-state index is 0.200. The lowest BCUT2D eigenvalue weighted by Crippen LogP contribution is -2.44. The minimum atomic E-state index is -0.200. The molecule has 2 heterocycles. The van der Waals surface area contributed by atoms with Gasteiger partial charge < -0.3 is 10.2 Å². The minimum Gasteiger partial charge on any atom is -0.353 e. The molecule has 0 saturated carbocycles. The zero-order chi connectivity index (χ0) is 20.8. The van der Waals surface area contributed by atoms with Crippen LogP contribution < -0.4 is 10.2 Å². The fourth-order valence-electron chi connectivity index (χ4n) is 3.36. The number of benzene rings is 2. The molecule has 5 heteroatoms. The Morgan fingerprint density at radius 2 is 1.60 bits per heavy atom. The quantitative estimate of drug-likeness (QED) is 0.548. The zero-order valence-corrected chi connectivity index (χ0v) is 16.4. The van der Waals surface area contributed by atoms with E-state index in [0.717, 1.165) is 31.7 Å². The molecule has 1 aliphatic heterocycles. The molecule has 1 fully saturated rings. The molecule has 5 nitrogen and oxygen atoms in total. The van der Waals surface area contributed by atoms with Crippen molar-refractivity contribution in [3.63, 3.8) is 0 Å². The summed E-state index contributed by atoms with van der Waals surface area (Å²) < 4.78 is 0. The molecule has 2 aromatic carbocycles. The highest BCUT2D eigenvalue weighted by molar-refractivity contribution is 6.09. The van der Waals surface area contributed by atoms with E-state index in [2.05, 4.69) is 28.2 Å². The second-order valence-electron chi connectivity index (χ2n) is 6.92. The number of hydrogen-bond acceptors (Lipinski definition) is 5. The number of carbonyl (C=O) groups excluding carboxylic acids is 1. The molecule has 0 bridgehead atoms. The average Bonchev–Trinajstić information content (AvgIpc) is 2.83. The Kier molecular flexibility index (Phi) is 5.85. The lowest BCUT2D eigenvalue weighted by atomic mass is 10.0. The summed E-state index contributed by atoms with van der Waals surface area (Å²) in [5.41, 5.74) is 2.54. The van der Waals surface area contributed by atoms with Crippen LogP contribution in [-0.4, -0.2) is 36.9 Å². The maximum Gasteiger partial charge on any atom is 0.212 e. The Hall–Kier alpha value is -3.93. The monoisotopic (exact) mass is 392 g/mol. The van der Waals surface area contributed by atoms with Crippen molar-refractivity contribution in [1.82, 2.24) is 10.3 Å². The van der Waals surface area contributed by atoms with Crippen molar-refractivity contribution in [2.24, 2.45) is 0 Å². The van der Waals surface area contributed by atoms with Crippen LogP contribution in [0, 0.1) is 23.2 Å². The second-order valence-corrected chi connectivity index (χ2v) is 6.92. The molecule has 4 rings (SSSR count). The smallest absolute Gasteiger partial charge is 0.212 e. The molecule has 1 saturated heterocycles. The third-order valence-electron chi connectivity index (χ3n) is 4.91. The SMILES string of the molecule is N#Cc1cc(C#Cc2ccccc2)c(C(=O)c2ccccc2)nc1N1CCNCC1. The maximum atomic E-state index is 13.3. The van der Waals surface area contributed by atoms with Crippen molar-refractivity contribution in [2.75, 3.05) is 31.1 Å². The van der Waals surface area contributed by atoms with Gasteiger partial charge in [0, 0.05) is 37.3 Å². The van der Waals surface area contributed by atoms with E-state index in [9.17, 15) is 10.1 Å². The molecule has 0 radical (unpaired) electrons. The van der Waals surface area contributed by atoms with E-state index in [4.69, 9.17) is 0 Å². The van der Waals surface area contributed by atoms with E-state index >= 15 is 0 Å². The predicted octanol–water partition coefficient (Wildman–Crippen LogP) is 2.99. The summed E-state index contributed by atoms with van der Waals surface area (Å²) >= 11 is 0.